The summed E-state index contributed by atoms with van der Waals surface area (Å²) in [7, 11) is 0. The van der Waals surface area contributed by atoms with E-state index in [4.69, 9.17) is 5.73 Å². The zero-order valence-corrected chi connectivity index (χ0v) is 12.4. The van der Waals surface area contributed by atoms with Crippen LogP contribution in [0.4, 0.5) is 10.1 Å². The summed E-state index contributed by atoms with van der Waals surface area (Å²) in [5.41, 5.74) is 6.87. The second kappa shape index (κ2) is 7.71. The number of nitrogens with two attached hydrogens (primary N) is 1. The van der Waals surface area contributed by atoms with Gasteiger partial charge in [0.05, 0.1) is 0 Å². The number of aryl methyl sites for hydroxylation is 1. The van der Waals surface area contributed by atoms with Gasteiger partial charge in [0.15, 0.2) is 5.82 Å². The minimum absolute atomic E-state index is 0.355. The molecule has 1 aromatic heterocycles. The molecule has 2 rings (SSSR count). The average Bonchev–Trinajstić information content (AvgIpc) is 2.91. The molecule has 0 aliphatic heterocycles. The Morgan fingerprint density at radius 3 is 2.67 bits per heavy atom. The fraction of sp³-hybridized carbons (Fsp3) is 0.533. The van der Waals surface area contributed by atoms with Gasteiger partial charge in [0.2, 0.25) is 0 Å². The molecule has 0 aliphatic carbocycles. The van der Waals surface area contributed by atoms with Crippen molar-refractivity contribution in [3.05, 3.63) is 24.0 Å². The summed E-state index contributed by atoms with van der Waals surface area (Å²) in [4.78, 5) is 0. The van der Waals surface area contributed by atoms with Crippen LogP contribution in [0.5, 0.6) is 0 Å². The molecule has 0 unspecified atom stereocenters. The second-order valence-electron chi connectivity index (χ2n) is 5.22. The van der Waals surface area contributed by atoms with Crippen molar-refractivity contribution in [2.45, 2.75) is 52.0 Å². The molecule has 0 atom stereocenters. The van der Waals surface area contributed by atoms with Crippen molar-refractivity contribution in [3.63, 3.8) is 0 Å². The lowest BCUT2D eigenvalue weighted by molar-refractivity contribution is 0.519. The van der Waals surface area contributed by atoms with E-state index in [0.29, 0.717) is 17.1 Å². The molecule has 0 radical (unpaired) electrons. The van der Waals surface area contributed by atoms with Crippen LogP contribution >= 0.6 is 0 Å². The van der Waals surface area contributed by atoms with Crippen LogP contribution in [0.15, 0.2) is 18.2 Å². The van der Waals surface area contributed by atoms with E-state index in [1.807, 2.05) is 0 Å². The van der Waals surface area contributed by atoms with E-state index in [0.717, 1.165) is 19.4 Å². The van der Waals surface area contributed by atoms with Crippen molar-refractivity contribution < 1.29 is 4.39 Å². The Morgan fingerprint density at radius 1 is 1.14 bits per heavy atom. The summed E-state index contributed by atoms with van der Waals surface area (Å²) in [6.07, 6.45) is 7.26. The highest BCUT2D eigenvalue weighted by Gasteiger charge is 2.12. The lowest BCUT2D eigenvalue weighted by Crippen LogP contribution is -2.04. The maximum absolute atomic E-state index is 13.1. The molecule has 0 spiro atoms. The maximum atomic E-state index is 13.1. The van der Waals surface area contributed by atoms with Gasteiger partial charge in [-0.05, 0) is 35.0 Å². The van der Waals surface area contributed by atoms with Gasteiger partial charge >= 0.3 is 0 Å². The van der Waals surface area contributed by atoms with E-state index in [2.05, 4.69) is 22.4 Å². The molecule has 1 heterocycles. The van der Waals surface area contributed by atoms with E-state index in [-0.39, 0.29) is 5.82 Å². The molecule has 0 amide bonds. The topological polar surface area (TPSA) is 69.6 Å². The largest absolute Gasteiger partial charge is 0.398 e. The number of hydrogen-bond acceptors (Lipinski definition) is 4. The third-order valence-corrected chi connectivity index (χ3v) is 3.51. The van der Waals surface area contributed by atoms with Gasteiger partial charge in [-0.15, -0.1) is 5.10 Å². The lowest BCUT2D eigenvalue weighted by atomic mass is 10.1. The van der Waals surface area contributed by atoms with E-state index in [1.54, 1.807) is 10.7 Å². The zero-order valence-electron chi connectivity index (χ0n) is 12.4. The summed E-state index contributed by atoms with van der Waals surface area (Å²) in [5.74, 6) is 0.243. The fourth-order valence-electron chi connectivity index (χ4n) is 2.33. The van der Waals surface area contributed by atoms with Crippen LogP contribution in [0.2, 0.25) is 0 Å². The summed E-state index contributed by atoms with van der Waals surface area (Å²) in [6.45, 7) is 2.96. The van der Waals surface area contributed by atoms with Crippen molar-refractivity contribution in [2.75, 3.05) is 5.73 Å². The molecule has 2 aromatic rings. The van der Waals surface area contributed by atoms with E-state index in [1.165, 1.54) is 37.8 Å². The zero-order chi connectivity index (χ0) is 15.1. The number of halogens is 1. The van der Waals surface area contributed by atoms with Crippen molar-refractivity contribution in [1.82, 2.24) is 20.2 Å². The molecule has 0 aliphatic rings. The van der Waals surface area contributed by atoms with Crippen molar-refractivity contribution in [3.8, 4) is 11.4 Å². The molecule has 114 valence electrons. The smallest absolute Gasteiger partial charge is 0.184 e. The Kier molecular flexibility index (Phi) is 5.66. The van der Waals surface area contributed by atoms with E-state index >= 15 is 0 Å². The molecule has 6 heteroatoms. The Labute approximate surface area is 124 Å². The van der Waals surface area contributed by atoms with Crippen LogP contribution < -0.4 is 5.73 Å². The predicted molar refractivity (Wildman–Crippen MR) is 81.0 cm³/mol. The molecule has 0 fully saturated rings. The first-order chi connectivity index (χ1) is 10.2. The van der Waals surface area contributed by atoms with Gasteiger partial charge in [0, 0.05) is 17.8 Å². The van der Waals surface area contributed by atoms with Gasteiger partial charge in [0.1, 0.15) is 5.82 Å². The summed E-state index contributed by atoms with van der Waals surface area (Å²) >= 11 is 0. The van der Waals surface area contributed by atoms with Crippen LogP contribution in [0.3, 0.4) is 0 Å². The maximum Gasteiger partial charge on any atom is 0.184 e. The van der Waals surface area contributed by atoms with Gasteiger partial charge in [0.25, 0.3) is 0 Å². The molecule has 5 nitrogen and oxygen atoms in total. The number of hydrogen-bond donors (Lipinski definition) is 1. The number of nitrogen functional groups attached to an aromatic ring is 1. The normalized spacial score (nSPS) is 11.0. The monoisotopic (exact) mass is 291 g/mol. The van der Waals surface area contributed by atoms with Crippen LogP contribution in [-0.2, 0) is 6.54 Å². The number of rotatable bonds is 8. The lowest BCUT2D eigenvalue weighted by Gasteiger charge is -2.07. The molecule has 0 saturated carbocycles. The van der Waals surface area contributed by atoms with Gasteiger partial charge in [-0.1, -0.05) is 39.0 Å². The van der Waals surface area contributed by atoms with Gasteiger partial charge in [-0.2, -0.15) is 0 Å². The van der Waals surface area contributed by atoms with Crippen molar-refractivity contribution in [2.24, 2.45) is 0 Å². The summed E-state index contributed by atoms with van der Waals surface area (Å²) in [6, 6.07) is 4.28. The highest BCUT2D eigenvalue weighted by molar-refractivity contribution is 5.71. The Hall–Kier alpha value is -1.98. The van der Waals surface area contributed by atoms with Gasteiger partial charge < -0.3 is 5.73 Å². The van der Waals surface area contributed by atoms with E-state index in [9.17, 15) is 4.39 Å². The first-order valence-corrected chi connectivity index (χ1v) is 7.54. The molecule has 1 aromatic carbocycles. The van der Waals surface area contributed by atoms with Crippen molar-refractivity contribution >= 4 is 5.69 Å². The van der Waals surface area contributed by atoms with Gasteiger partial charge in [-0.25, -0.2) is 9.07 Å². The van der Waals surface area contributed by atoms with Crippen LogP contribution in [0.25, 0.3) is 11.4 Å². The van der Waals surface area contributed by atoms with Crippen molar-refractivity contribution in [1.29, 1.82) is 0 Å². The first kappa shape index (κ1) is 15.4. The van der Waals surface area contributed by atoms with Gasteiger partial charge in [-0.3, -0.25) is 0 Å². The van der Waals surface area contributed by atoms with E-state index < -0.39 is 0 Å². The molecule has 21 heavy (non-hydrogen) atoms. The fourth-order valence-corrected chi connectivity index (χ4v) is 2.33. The molecule has 0 saturated heterocycles. The average molecular weight is 291 g/mol. The SMILES string of the molecule is CCCCCCCCn1nnnc1-c1ccc(F)cc1N. The molecule has 2 N–H and O–H groups in total. The number of nitrogens with zero attached hydrogens (tertiary/aromatic N) is 4. The second-order valence-corrected chi connectivity index (χ2v) is 5.22. The number of aromatic nitrogens is 4. The number of benzene rings is 1. The number of unbranched alkanes of at least 4 members (excludes halogenated alkanes) is 5. The summed E-state index contributed by atoms with van der Waals surface area (Å²) < 4.78 is 14.8. The first-order valence-electron chi connectivity index (χ1n) is 7.54. The Bertz CT molecular complexity index is 567. The third-order valence-electron chi connectivity index (χ3n) is 3.51. The highest BCUT2D eigenvalue weighted by Crippen LogP contribution is 2.24. The Balaban J connectivity index is 1.95. The highest BCUT2D eigenvalue weighted by atomic mass is 19.1. The summed E-state index contributed by atoms with van der Waals surface area (Å²) in [5, 5.41) is 11.7. The van der Waals surface area contributed by atoms with Crippen LogP contribution in [0, 0.1) is 5.82 Å². The molecular weight excluding hydrogens is 269 g/mol. The Morgan fingerprint density at radius 2 is 1.90 bits per heavy atom. The quantitative estimate of drug-likeness (QED) is 0.597. The van der Waals surface area contributed by atoms with Crippen LogP contribution in [0.1, 0.15) is 45.4 Å². The number of tetrazole rings is 1. The molecule has 0 bridgehead atoms. The standard InChI is InChI=1S/C15H22FN5/c1-2-3-4-5-6-7-10-21-15(18-19-20-21)13-9-8-12(16)11-14(13)17/h8-9,11H,2-7,10,17H2,1H3. The minimum atomic E-state index is -0.355. The third kappa shape index (κ3) is 4.24. The molecular formula is C15H22FN5. The predicted octanol–water partition coefficient (Wildman–Crippen LogP) is 3.42. The number of anilines is 1. The van der Waals surface area contributed by atoms with Crippen LogP contribution in [-0.4, -0.2) is 20.2 Å². The minimum Gasteiger partial charge on any atom is -0.398 e.